The van der Waals surface area contributed by atoms with E-state index in [1.165, 1.54) is 12.8 Å². The average Bonchev–Trinajstić information content (AvgIpc) is 3.23. The van der Waals surface area contributed by atoms with Crippen LogP contribution in [-0.2, 0) is 11.3 Å². The van der Waals surface area contributed by atoms with Gasteiger partial charge in [-0.25, -0.2) is 0 Å². The van der Waals surface area contributed by atoms with Gasteiger partial charge < -0.3 is 10.1 Å². The molecule has 1 saturated carbocycles. The van der Waals surface area contributed by atoms with E-state index in [1.807, 2.05) is 22.8 Å². The lowest BCUT2D eigenvalue weighted by Crippen LogP contribution is -2.30. The van der Waals surface area contributed by atoms with Gasteiger partial charge in [0.15, 0.2) is 5.82 Å². The smallest absolute Gasteiger partial charge is 0.151 e. The number of nitrogens with zero attached hydrogens (tertiary/aromatic N) is 3. The molecule has 0 saturated heterocycles. The van der Waals surface area contributed by atoms with Crippen LogP contribution in [0.5, 0.6) is 0 Å². The van der Waals surface area contributed by atoms with Gasteiger partial charge in [0.05, 0.1) is 12.6 Å². The summed E-state index contributed by atoms with van der Waals surface area (Å²) in [5, 5.41) is 11.6. The maximum Gasteiger partial charge on any atom is 0.151 e. The van der Waals surface area contributed by atoms with E-state index in [0.717, 1.165) is 24.0 Å². The van der Waals surface area contributed by atoms with Crippen LogP contribution in [0.25, 0.3) is 5.69 Å². The molecule has 5 heteroatoms. The minimum absolute atomic E-state index is 0.322. The minimum atomic E-state index is 0.322. The normalized spacial score (nSPS) is 16.2. The number of hydrogen-bond donors (Lipinski definition) is 1. The van der Waals surface area contributed by atoms with E-state index >= 15 is 0 Å². The molecule has 1 unspecified atom stereocenters. The summed E-state index contributed by atoms with van der Waals surface area (Å²) in [6, 6.07) is 10.1. The zero-order chi connectivity index (χ0) is 13.8. The van der Waals surface area contributed by atoms with Crippen LogP contribution >= 0.6 is 0 Å². The summed E-state index contributed by atoms with van der Waals surface area (Å²) in [6.07, 6.45) is 4.66. The first-order valence-corrected chi connectivity index (χ1v) is 7.06. The van der Waals surface area contributed by atoms with Crippen LogP contribution in [0.4, 0.5) is 0 Å². The molecule has 1 N–H and O–H groups in total. The third-order valence-electron chi connectivity index (χ3n) is 3.73. The fraction of sp³-hybridized carbons (Fsp3) is 0.467. The van der Waals surface area contributed by atoms with Crippen LogP contribution in [0.1, 0.15) is 18.7 Å². The summed E-state index contributed by atoms with van der Waals surface area (Å²) in [6.45, 7) is 1.56. The lowest BCUT2D eigenvalue weighted by molar-refractivity contribution is 0.0835. The Hall–Kier alpha value is -1.72. The molecule has 1 aliphatic carbocycles. The maximum atomic E-state index is 5.50. The van der Waals surface area contributed by atoms with Gasteiger partial charge in [-0.3, -0.25) is 4.57 Å². The van der Waals surface area contributed by atoms with Gasteiger partial charge in [-0.05, 0) is 30.9 Å². The lowest BCUT2D eigenvalue weighted by atomic mass is 10.2. The molecule has 20 heavy (non-hydrogen) atoms. The van der Waals surface area contributed by atoms with Crippen LogP contribution in [0.2, 0.25) is 0 Å². The van der Waals surface area contributed by atoms with E-state index in [4.69, 9.17) is 4.74 Å². The van der Waals surface area contributed by atoms with Crippen molar-refractivity contribution in [1.82, 2.24) is 20.1 Å². The number of nitrogens with one attached hydrogen (secondary N) is 1. The monoisotopic (exact) mass is 272 g/mol. The molecule has 0 radical (unpaired) electrons. The van der Waals surface area contributed by atoms with Crippen LogP contribution < -0.4 is 5.32 Å². The number of hydrogen-bond acceptors (Lipinski definition) is 4. The van der Waals surface area contributed by atoms with Crippen LogP contribution in [0.3, 0.4) is 0 Å². The number of para-hydroxylation sites is 1. The summed E-state index contributed by atoms with van der Waals surface area (Å²) in [4.78, 5) is 0. The Morgan fingerprint density at radius 3 is 2.85 bits per heavy atom. The first-order chi connectivity index (χ1) is 9.88. The number of methoxy groups -OCH3 is 1. The molecule has 1 aliphatic rings. The van der Waals surface area contributed by atoms with Gasteiger partial charge in [-0.1, -0.05) is 18.2 Å². The fourth-order valence-corrected chi connectivity index (χ4v) is 2.42. The highest BCUT2D eigenvalue weighted by Crippen LogP contribution is 2.33. The average molecular weight is 272 g/mol. The Morgan fingerprint density at radius 1 is 1.35 bits per heavy atom. The Labute approximate surface area is 119 Å². The van der Waals surface area contributed by atoms with E-state index < -0.39 is 0 Å². The van der Waals surface area contributed by atoms with Crippen LogP contribution in [0, 0.1) is 5.92 Å². The Balaban J connectivity index is 1.59. The quantitative estimate of drug-likeness (QED) is 0.835. The molecule has 0 bridgehead atoms. The van der Waals surface area contributed by atoms with Crippen molar-refractivity contribution in [2.24, 2.45) is 5.92 Å². The van der Waals surface area contributed by atoms with E-state index in [9.17, 15) is 0 Å². The molecule has 0 aliphatic heterocycles. The summed E-state index contributed by atoms with van der Waals surface area (Å²) in [5.41, 5.74) is 1.08. The highest BCUT2D eigenvalue weighted by Gasteiger charge is 2.30. The molecule has 1 heterocycles. The fourth-order valence-electron chi connectivity index (χ4n) is 2.42. The molecular weight excluding hydrogens is 252 g/mol. The number of aromatic nitrogens is 3. The van der Waals surface area contributed by atoms with Crippen molar-refractivity contribution in [1.29, 1.82) is 0 Å². The largest absolute Gasteiger partial charge is 0.380 e. The van der Waals surface area contributed by atoms with E-state index in [0.29, 0.717) is 12.6 Å². The Bertz CT molecular complexity index is 536. The van der Waals surface area contributed by atoms with Crippen molar-refractivity contribution in [2.75, 3.05) is 13.7 Å². The summed E-state index contributed by atoms with van der Waals surface area (Å²) in [5.74, 6) is 1.65. The predicted octanol–water partition coefficient (Wildman–Crippen LogP) is 1.78. The first kappa shape index (κ1) is 13.3. The molecule has 3 rings (SSSR count). The highest BCUT2D eigenvalue weighted by molar-refractivity contribution is 5.31. The van der Waals surface area contributed by atoms with Gasteiger partial charge in [0, 0.05) is 19.3 Å². The summed E-state index contributed by atoms with van der Waals surface area (Å²) >= 11 is 0. The van der Waals surface area contributed by atoms with Crippen molar-refractivity contribution < 1.29 is 4.74 Å². The van der Waals surface area contributed by atoms with E-state index in [-0.39, 0.29) is 0 Å². The summed E-state index contributed by atoms with van der Waals surface area (Å²) in [7, 11) is 1.79. The summed E-state index contributed by atoms with van der Waals surface area (Å²) < 4.78 is 7.51. The molecular formula is C15H20N4O. The highest BCUT2D eigenvalue weighted by atomic mass is 16.5. The SMILES string of the molecule is COC(CNCc1nncn1-c1ccccc1)C1CC1. The van der Waals surface area contributed by atoms with Crippen molar-refractivity contribution >= 4 is 0 Å². The molecule has 1 fully saturated rings. The molecule has 1 aromatic heterocycles. The number of rotatable bonds is 7. The second kappa shape index (κ2) is 6.15. The van der Waals surface area contributed by atoms with Gasteiger partial charge in [-0.15, -0.1) is 10.2 Å². The van der Waals surface area contributed by atoms with E-state index in [2.05, 4.69) is 27.6 Å². The number of benzene rings is 1. The topological polar surface area (TPSA) is 52.0 Å². The van der Waals surface area contributed by atoms with Gasteiger partial charge in [0.2, 0.25) is 0 Å². The Kier molecular flexibility index (Phi) is 4.08. The van der Waals surface area contributed by atoms with E-state index in [1.54, 1.807) is 13.4 Å². The molecule has 106 valence electrons. The van der Waals surface area contributed by atoms with Gasteiger partial charge in [-0.2, -0.15) is 0 Å². The van der Waals surface area contributed by atoms with Crippen molar-refractivity contribution in [3.63, 3.8) is 0 Å². The standard InChI is InChI=1S/C15H20N4O/c1-20-14(12-7-8-12)9-16-10-15-18-17-11-19(15)13-5-3-2-4-6-13/h2-6,11-12,14,16H,7-10H2,1H3. The molecule has 1 aromatic carbocycles. The van der Waals surface area contributed by atoms with Crippen molar-refractivity contribution in [3.05, 3.63) is 42.5 Å². The molecule has 0 spiro atoms. The lowest BCUT2D eigenvalue weighted by Gasteiger charge is -2.15. The molecule has 5 nitrogen and oxygen atoms in total. The second-order valence-electron chi connectivity index (χ2n) is 5.20. The van der Waals surface area contributed by atoms with Crippen molar-refractivity contribution in [3.8, 4) is 5.69 Å². The third kappa shape index (κ3) is 3.05. The first-order valence-electron chi connectivity index (χ1n) is 7.06. The van der Waals surface area contributed by atoms with Crippen LogP contribution in [-0.4, -0.2) is 34.5 Å². The Morgan fingerprint density at radius 2 is 2.15 bits per heavy atom. The van der Waals surface area contributed by atoms with Gasteiger partial charge >= 0.3 is 0 Å². The second-order valence-corrected chi connectivity index (χ2v) is 5.20. The molecule has 0 amide bonds. The zero-order valence-corrected chi connectivity index (χ0v) is 11.7. The van der Waals surface area contributed by atoms with Crippen molar-refractivity contribution in [2.45, 2.75) is 25.5 Å². The van der Waals surface area contributed by atoms with Crippen LogP contribution in [0.15, 0.2) is 36.7 Å². The minimum Gasteiger partial charge on any atom is -0.380 e. The maximum absolute atomic E-state index is 5.50. The molecule has 2 aromatic rings. The predicted molar refractivity (Wildman–Crippen MR) is 76.6 cm³/mol. The number of ether oxygens (including phenoxy) is 1. The van der Waals surface area contributed by atoms with Gasteiger partial charge in [0.1, 0.15) is 6.33 Å². The van der Waals surface area contributed by atoms with Gasteiger partial charge in [0.25, 0.3) is 0 Å². The third-order valence-corrected chi connectivity index (χ3v) is 3.73. The molecule has 1 atom stereocenters. The zero-order valence-electron chi connectivity index (χ0n) is 11.7.